The van der Waals surface area contributed by atoms with Crippen molar-refractivity contribution in [1.82, 2.24) is 4.90 Å². The molecule has 0 aromatic heterocycles. The number of para-hydroxylation sites is 1. The third kappa shape index (κ3) is 3.88. The van der Waals surface area contributed by atoms with Crippen LogP contribution in [0, 0.1) is 0 Å². The van der Waals surface area contributed by atoms with E-state index in [1.165, 1.54) is 12.8 Å². The van der Waals surface area contributed by atoms with Gasteiger partial charge in [-0.15, -0.1) is 0 Å². The van der Waals surface area contributed by atoms with Gasteiger partial charge in [0.1, 0.15) is 17.8 Å². The Morgan fingerprint density at radius 1 is 0.921 bits per heavy atom. The lowest BCUT2D eigenvalue weighted by atomic mass is 9.77. The molecule has 7 nitrogen and oxygen atoms in total. The zero-order valence-corrected chi connectivity index (χ0v) is 21.9. The number of carbonyl (C=O) groups is 2. The molecule has 38 heavy (non-hydrogen) atoms. The van der Waals surface area contributed by atoms with E-state index in [9.17, 15) is 9.59 Å². The third-order valence-corrected chi connectivity index (χ3v) is 7.88. The van der Waals surface area contributed by atoms with Crippen LogP contribution in [0.1, 0.15) is 59.7 Å². The second kappa shape index (κ2) is 9.71. The Morgan fingerprint density at radius 2 is 1.68 bits per heavy atom. The molecule has 196 valence electrons. The summed E-state index contributed by atoms with van der Waals surface area (Å²) in [7, 11) is 1.86. The molecule has 0 N–H and O–H groups in total. The number of benzene rings is 3. The molecule has 7 heteroatoms. The molecule has 0 bridgehead atoms. The summed E-state index contributed by atoms with van der Waals surface area (Å²) >= 11 is 0. The Kier molecular flexibility index (Phi) is 6.22. The summed E-state index contributed by atoms with van der Waals surface area (Å²) in [5.41, 5.74) is 3.30. The number of carbonyl (C=O) groups excluding carboxylic acids is 2. The van der Waals surface area contributed by atoms with Gasteiger partial charge in [-0.1, -0.05) is 56.5 Å². The summed E-state index contributed by atoms with van der Waals surface area (Å²) in [6.07, 6.45) is 4.52. The second-order valence-electron chi connectivity index (χ2n) is 10.3. The fourth-order valence-corrected chi connectivity index (χ4v) is 5.75. The van der Waals surface area contributed by atoms with Crippen LogP contribution in [0.15, 0.2) is 60.7 Å². The van der Waals surface area contributed by atoms with Crippen LogP contribution in [-0.4, -0.2) is 43.7 Å². The SMILES string of the molecule is CCCCCCN(C)C(=O)c1ccc(CN2C(=O)C3(COc4cc5c(cc43)OCO5)c3ccccc32)cc1. The van der Waals surface area contributed by atoms with Gasteiger partial charge in [-0.3, -0.25) is 9.59 Å². The molecule has 0 radical (unpaired) electrons. The first-order valence-electron chi connectivity index (χ1n) is 13.4. The van der Waals surface area contributed by atoms with E-state index in [1.54, 1.807) is 4.90 Å². The molecule has 3 aromatic rings. The van der Waals surface area contributed by atoms with E-state index in [2.05, 4.69) is 6.92 Å². The van der Waals surface area contributed by atoms with Gasteiger partial charge in [0, 0.05) is 36.5 Å². The number of amides is 2. The number of hydrogen-bond acceptors (Lipinski definition) is 5. The molecule has 3 aromatic carbocycles. The zero-order chi connectivity index (χ0) is 26.3. The van der Waals surface area contributed by atoms with Crippen molar-refractivity contribution in [2.45, 2.75) is 44.6 Å². The Bertz CT molecular complexity index is 1390. The molecule has 0 fully saturated rings. The lowest BCUT2D eigenvalue weighted by molar-refractivity contribution is -0.122. The lowest BCUT2D eigenvalue weighted by Crippen LogP contribution is -2.42. The maximum Gasteiger partial charge on any atom is 0.253 e. The van der Waals surface area contributed by atoms with Crippen molar-refractivity contribution in [2.24, 2.45) is 0 Å². The van der Waals surface area contributed by atoms with E-state index >= 15 is 0 Å². The summed E-state index contributed by atoms with van der Waals surface area (Å²) in [5, 5.41) is 0. The molecule has 2 amide bonds. The van der Waals surface area contributed by atoms with Crippen molar-refractivity contribution in [2.75, 3.05) is 31.9 Å². The predicted octanol–water partition coefficient (Wildman–Crippen LogP) is 5.29. The smallest absolute Gasteiger partial charge is 0.253 e. The number of rotatable bonds is 8. The van der Waals surface area contributed by atoms with E-state index in [0.717, 1.165) is 41.8 Å². The van der Waals surface area contributed by atoms with Gasteiger partial charge in [0.05, 0.1) is 6.54 Å². The number of hydrogen-bond donors (Lipinski definition) is 0. The molecule has 1 atom stereocenters. The van der Waals surface area contributed by atoms with E-state index in [0.29, 0.717) is 29.4 Å². The highest BCUT2D eigenvalue weighted by atomic mass is 16.7. The Morgan fingerprint density at radius 3 is 2.47 bits per heavy atom. The maximum absolute atomic E-state index is 14.2. The number of unbranched alkanes of at least 4 members (excludes halogenated alkanes) is 3. The largest absolute Gasteiger partial charge is 0.491 e. The Balaban J connectivity index is 1.24. The van der Waals surface area contributed by atoms with Gasteiger partial charge in [0.15, 0.2) is 11.5 Å². The molecule has 0 saturated carbocycles. The summed E-state index contributed by atoms with van der Waals surface area (Å²) in [4.78, 5) is 30.7. The summed E-state index contributed by atoms with van der Waals surface area (Å²) < 4.78 is 17.2. The molecule has 3 heterocycles. The Hall–Kier alpha value is -4.00. The van der Waals surface area contributed by atoms with Crippen molar-refractivity contribution < 1.29 is 23.8 Å². The normalized spacial score (nSPS) is 18.5. The molecule has 3 aliphatic heterocycles. The molecule has 6 rings (SSSR count). The molecule has 1 spiro atoms. The first-order valence-corrected chi connectivity index (χ1v) is 13.4. The van der Waals surface area contributed by atoms with Crippen LogP contribution in [-0.2, 0) is 16.8 Å². The summed E-state index contributed by atoms with van der Waals surface area (Å²) in [6.45, 7) is 3.73. The average Bonchev–Trinajstić information content (AvgIpc) is 3.62. The third-order valence-electron chi connectivity index (χ3n) is 7.88. The highest BCUT2D eigenvalue weighted by Crippen LogP contribution is 2.55. The first-order chi connectivity index (χ1) is 18.5. The molecule has 0 saturated heterocycles. The highest BCUT2D eigenvalue weighted by molar-refractivity contribution is 6.11. The quantitative estimate of drug-likeness (QED) is 0.384. The number of anilines is 1. The minimum Gasteiger partial charge on any atom is -0.491 e. The van der Waals surface area contributed by atoms with Gasteiger partial charge in [-0.25, -0.2) is 0 Å². The van der Waals surface area contributed by atoms with Crippen molar-refractivity contribution in [1.29, 1.82) is 0 Å². The molecular formula is C31H32N2O5. The fraction of sp³-hybridized carbons (Fsp3) is 0.355. The standard InChI is InChI=1S/C31H32N2O5/c1-3-4-5-8-15-32(2)29(34)22-13-11-21(12-14-22)18-33-25-10-7-6-9-23(25)31(30(33)35)19-36-26-17-28-27(16-24(26)31)37-20-38-28/h6-7,9-14,16-17H,3-5,8,15,18-20H2,1-2H3. The Labute approximate surface area is 222 Å². The second-order valence-corrected chi connectivity index (χ2v) is 10.3. The number of fused-ring (bicyclic) bond motifs is 5. The molecule has 0 aliphatic carbocycles. The molecular weight excluding hydrogens is 480 g/mol. The van der Waals surface area contributed by atoms with Gasteiger partial charge < -0.3 is 24.0 Å². The van der Waals surface area contributed by atoms with Crippen LogP contribution in [0.4, 0.5) is 5.69 Å². The van der Waals surface area contributed by atoms with E-state index in [1.807, 2.05) is 72.6 Å². The van der Waals surface area contributed by atoms with Gasteiger partial charge in [0.25, 0.3) is 5.91 Å². The van der Waals surface area contributed by atoms with Crippen LogP contribution < -0.4 is 19.1 Å². The monoisotopic (exact) mass is 512 g/mol. The molecule has 3 aliphatic rings. The summed E-state index contributed by atoms with van der Waals surface area (Å²) in [6, 6.07) is 19.2. The van der Waals surface area contributed by atoms with Crippen molar-refractivity contribution in [3.8, 4) is 17.2 Å². The van der Waals surface area contributed by atoms with Crippen LogP contribution in [0.25, 0.3) is 0 Å². The highest BCUT2D eigenvalue weighted by Gasteiger charge is 2.57. The average molecular weight is 513 g/mol. The first kappa shape index (κ1) is 24.3. The van der Waals surface area contributed by atoms with E-state index in [-0.39, 0.29) is 25.2 Å². The zero-order valence-electron chi connectivity index (χ0n) is 21.9. The van der Waals surface area contributed by atoms with Crippen molar-refractivity contribution in [3.63, 3.8) is 0 Å². The van der Waals surface area contributed by atoms with Gasteiger partial charge >= 0.3 is 0 Å². The van der Waals surface area contributed by atoms with E-state index < -0.39 is 5.41 Å². The van der Waals surface area contributed by atoms with Crippen LogP contribution in [0.2, 0.25) is 0 Å². The van der Waals surface area contributed by atoms with Crippen molar-refractivity contribution >= 4 is 17.5 Å². The minimum absolute atomic E-state index is 0.0213. The van der Waals surface area contributed by atoms with Crippen LogP contribution >= 0.6 is 0 Å². The summed E-state index contributed by atoms with van der Waals surface area (Å²) in [5.74, 6) is 1.92. The van der Waals surface area contributed by atoms with Gasteiger partial charge in [-0.2, -0.15) is 0 Å². The van der Waals surface area contributed by atoms with Crippen molar-refractivity contribution in [3.05, 3.63) is 82.9 Å². The van der Waals surface area contributed by atoms with Gasteiger partial charge in [-0.05, 0) is 41.8 Å². The number of nitrogens with zero attached hydrogens (tertiary/aromatic N) is 2. The van der Waals surface area contributed by atoms with Crippen LogP contribution in [0.5, 0.6) is 17.2 Å². The predicted molar refractivity (Wildman–Crippen MR) is 144 cm³/mol. The van der Waals surface area contributed by atoms with E-state index in [4.69, 9.17) is 14.2 Å². The number of ether oxygens (including phenoxy) is 3. The van der Waals surface area contributed by atoms with Crippen LogP contribution in [0.3, 0.4) is 0 Å². The fourth-order valence-electron chi connectivity index (χ4n) is 5.75. The lowest BCUT2D eigenvalue weighted by Gasteiger charge is -2.23. The molecule has 1 unspecified atom stereocenters. The van der Waals surface area contributed by atoms with Gasteiger partial charge in [0.2, 0.25) is 12.7 Å². The maximum atomic E-state index is 14.2. The topological polar surface area (TPSA) is 68.3 Å². The minimum atomic E-state index is -0.927.